The fraction of sp³-hybridized carbons (Fsp3) is 0.630. The van der Waals surface area contributed by atoms with Gasteiger partial charge in [-0.2, -0.15) is 0 Å². The van der Waals surface area contributed by atoms with Crippen LogP contribution >= 0.6 is 23.2 Å². The quantitative estimate of drug-likeness (QED) is 0.399. The van der Waals surface area contributed by atoms with Gasteiger partial charge < -0.3 is 20.1 Å². The molecule has 192 valence electrons. The van der Waals surface area contributed by atoms with Crippen LogP contribution in [-0.4, -0.2) is 55.5 Å². The maximum absolute atomic E-state index is 6.57. The van der Waals surface area contributed by atoms with Gasteiger partial charge in [-0.1, -0.05) is 23.2 Å². The summed E-state index contributed by atoms with van der Waals surface area (Å²) >= 11 is 13.1. The van der Waals surface area contributed by atoms with Gasteiger partial charge in [0.2, 0.25) is 0 Å². The normalized spacial score (nSPS) is 23.7. The molecule has 2 aliphatic rings. The van der Waals surface area contributed by atoms with E-state index in [2.05, 4.69) is 28.6 Å². The van der Waals surface area contributed by atoms with Crippen molar-refractivity contribution in [3.63, 3.8) is 0 Å². The van der Waals surface area contributed by atoms with E-state index in [9.17, 15) is 0 Å². The van der Waals surface area contributed by atoms with Crippen LogP contribution in [0.3, 0.4) is 0 Å². The summed E-state index contributed by atoms with van der Waals surface area (Å²) in [6.07, 6.45) is 9.74. The number of hydrogen-bond donors (Lipinski definition) is 2. The van der Waals surface area contributed by atoms with Gasteiger partial charge in [0.15, 0.2) is 0 Å². The van der Waals surface area contributed by atoms with E-state index >= 15 is 0 Å². The summed E-state index contributed by atoms with van der Waals surface area (Å²) in [5.74, 6) is 1.94. The Kier molecular flexibility index (Phi) is 10.0. The largest absolute Gasteiger partial charge is 0.383 e. The lowest BCUT2D eigenvalue weighted by Crippen LogP contribution is -2.41. The Balaban J connectivity index is 1.38. The highest BCUT2D eigenvalue weighted by Gasteiger charge is 2.23. The SMILES string of the molecule is COC[C@@H](C)NC1CCC(Cc2cc(-c3nc(NC[C@H]4CCCOC4)ccc3Cl)c(Cl)cn2)CC1. The number of halogens is 2. The second-order valence-corrected chi connectivity index (χ2v) is 10.9. The molecule has 1 aliphatic carbocycles. The summed E-state index contributed by atoms with van der Waals surface area (Å²) in [5, 5.41) is 8.31. The highest BCUT2D eigenvalue weighted by molar-refractivity contribution is 6.36. The van der Waals surface area contributed by atoms with E-state index in [-0.39, 0.29) is 0 Å². The minimum absolute atomic E-state index is 0.389. The third kappa shape index (κ3) is 7.77. The van der Waals surface area contributed by atoms with Crippen LogP contribution in [0.25, 0.3) is 11.3 Å². The zero-order valence-electron chi connectivity index (χ0n) is 20.9. The molecule has 6 nitrogen and oxygen atoms in total. The Morgan fingerprint density at radius 2 is 1.94 bits per heavy atom. The number of aromatic nitrogens is 2. The van der Waals surface area contributed by atoms with Gasteiger partial charge in [0, 0.05) is 49.8 Å². The molecule has 0 spiro atoms. The summed E-state index contributed by atoms with van der Waals surface area (Å²) in [5.41, 5.74) is 2.59. The number of anilines is 1. The lowest BCUT2D eigenvalue weighted by molar-refractivity contribution is 0.0595. The van der Waals surface area contributed by atoms with Gasteiger partial charge in [-0.05, 0) is 81.9 Å². The van der Waals surface area contributed by atoms with Crippen molar-refractivity contribution in [3.05, 3.63) is 40.1 Å². The number of hydrogen-bond acceptors (Lipinski definition) is 6. The van der Waals surface area contributed by atoms with Gasteiger partial charge in [-0.15, -0.1) is 0 Å². The Bertz CT molecular complexity index is 947. The lowest BCUT2D eigenvalue weighted by Gasteiger charge is -2.31. The smallest absolute Gasteiger partial charge is 0.126 e. The van der Waals surface area contributed by atoms with Crippen molar-refractivity contribution in [2.24, 2.45) is 11.8 Å². The molecule has 2 aromatic rings. The predicted octanol–water partition coefficient (Wildman–Crippen LogP) is 6.01. The molecular formula is C27H38Cl2N4O2. The molecule has 2 aromatic heterocycles. The molecule has 0 bridgehead atoms. The van der Waals surface area contributed by atoms with Gasteiger partial charge in [-0.3, -0.25) is 4.98 Å². The molecule has 1 aliphatic heterocycles. The molecule has 3 heterocycles. The Hall–Kier alpha value is -1.44. The van der Waals surface area contributed by atoms with E-state index in [0.717, 1.165) is 56.3 Å². The third-order valence-electron chi connectivity index (χ3n) is 7.12. The zero-order valence-corrected chi connectivity index (χ0v) is 22.4. The van der Waals surface area contributed by atoms with Crippen LogP contribution in [0, 0.1) is 11.8 Å². The predicted molar refractivity (Wildman–Crippen MR) is 143 cm³/mol. The molecule has 0 radical (unpaired) electrons. The fourth-order valence-corrected chi connectivity index (χ4v) is 5.65. The second kappa shape index (κ2) is 13.2. The van der Waals surface area contributed by atoms with Crippen LogP contribution < -0.4 is 10.6 Å². The molecule has 1 saturated heterocycles. The van der Waals surface area contributed by atoms with Crippen LogP contribution in [0.5, 0.6) is 0 Å². The number of nitrogens with zero attached hydrogens (tertiary/aromatic N) is 2. The summed E-state index contributed by atoms with van der Waals surface area (Å²) in [6, 6.07) is 6.84. The van der Waals surface area contributed by atoms with E-state index in [1.807, 2.05) is 12.1 Å². The van der Waals surface area contributed by atoms with E-state index in [4.69, 9.17) is 37.7 Å². The van der Waals surface area contributed by atoms with Crippen molar-refractivity contribution < 1.29 is 9.47 Å². The Labute approximate surface area is 219 Å². The number of pyridine rings is 2. The molecule has 2 N–H and O–H groups in total. The third-order valence-corrected chi connectivity index (χ3v) is 7.73. The van der Waals surface area contributed by atoms with Crippen molar-refractivity contribution >= 4 is 29.0 Å². The molecular weight excluding hydrogens is 483 g/mol. The summed E-state index contributed by atoms with van der Waals surface area (Å²) in [7, 11) is 1.75. The molecule has 1 saturated carbocycles. The number of nitrogens with one attached hydrogen (secondary N) is 2. The van der Waals surface area contributed by atoms with Gasteiger partial charge >= 0.3 is 0 Å². The average Bonchev–Trinajstić information content (AvgIpc) is 2.87. The molecule has 4 rings (SSSR count). The van der Waals surface area contributed by atoms with Crippen LogP contribution in [0.1, 0.15) is 51.1 Å². The van der Waals surface area contributed by atoms with Crippen molar-refractivity contribution in [3.8, 4) is 11.3 Å². The number of ether oxygens (including phenoxy) is 2. The molecule has 8 heteroatoms. The second-order valence-electron chi connectivity index (χ2n) is 10.1. The van der Waals surface area contributed by atoms with Crippen LogP contribution in [0.4, 0.5) is 5.82 Å². The molecule has 2 atom stereocenters. The zero-order chi connectivity index (χ0) is 24.6. The van der Waals surface area contributed by atoms with E-state index < -0.39 is 0 Å². The minimum atomic E-state index is 0.389. The number of rotatable bonds is 10. The fourth-order valence-electron chi connectivity index (χ4n) is 5.25. The maximum Gasteiger partial charge on any atom is 0.126 e. The van der Waals surface area contributed by atoms with E-state index in [1.165, 1.54) is 32.1 Å². The van der Waals surface area contributed by atoms with Crippen molar-refractivity contribution in [1.29, 1.82) is 0 Å². The highest BCUT2D eigenvalue weighted by atomic mass is 35.5. The van der Waals surface area contributed by atoms with Gasteiger partial charge in [0.05, 0.1) is 29.0 Å². The van der Waals surface area contributed by atoms with Crippen molar-refractivity contribution in [1.82, 2.24) is 15.3 Å². The van der Waals surface area contributed by atoms with Crippen LogP contribution in [0.15, 0.2) is 24.4 Å². The molecule has 0 unspecified atom stereocenters. The summed E-state index contributed by atoms with van der Waals surface area (Å²) in [4.78, 5) is 9.45. The topological polar surface area (TPSA) is 68.3 Å². The van der Waals surface area contributed by atoms with E-state index in [1.54, 1.807) is 13.3 Å². The van der Waals surface area contributed by atoms with Crippen molar-refractivity contribution in [2.75, 3.05) is 38.8 Å². The molecule has 2 fully saturated rings. The standard InChI is InChI=1S/C27H38Cl2N4O2/c1-18(16-34-2)32-21-7-5-19(6-8-21)12-22-13-23(25(29)15-30-22)27-24(28)9-10-26(33-27)31-14-20-4-3-11-35-17-20/h9-10,13,15,18-21,32H,3-8,11-12,14,16-17H2,1-2H3,(H,31,33)/t18-,19?,20-,21?/m1/s1. The first kappa shape index (κ1) is 26.6. The van der Waals surface area contributed by atoms with Crippen molar-refractivity contribution in [2.45, 2.75) is 64.0 Å². The first-order valence-corrected chi connectivity index (χ1v) is 13.6. The van der Waals surface area contributed by atoms with Gasteiger partial charge in [0.1, 0.15) is 5.82 Å². The first-order valence-electron chi connectivity index (χ1n) is 12.9. The van der Waals surface area contributed by atoms with E-state index in [0.29, 0.717) is 39.7 Å². The monoisotopic (exact) mass is 520 g/mol. The first-order chi connectivity index (χ1) is 17.0. The highest BCUT2D eigenvalue weighted by Crippen LogP contribution is 2.34. The summed E-state index contributed by atoms with van der Waals surface area (Å²) < 4.78 is 10.8. The Morgan fingerprint density at radius 3 is 2.69 bits per heavy atom. The molecule has 0 aromatic carbocycles. The average molecular weight is 522 g/mol. The minimum Gasteiger partial charge on any atom is -0.383 e. The molecule has 35 heavy (non-hydrogen) atoms. The van der Waals surface area contributed by atoms with Crippen LogP contribution in [0.2, 0.25) is 10.0 Å². The van der Waals surface area contributed by atoms with Gasteiger partial charge in [-0.25, -0.2) is 4.98 Å². The Morgan fingerprint density at radius 1 is 1.11 bits per heavy atom. The van der Waals surface area contributed by atoms with Crippen LogP contribution in [-0.2, 0) is 15.9 Å². The maximum atomic E-state index is 6.57. The van der Waals surface area contributed by atoms with Gasteiger partial charge in [0.25, 0.3) is 0 Å². The number of methoxy groups -OCH3 is 1. The summed E-state index contributed by atoms with van der Waals surface area (Å²) in [6.45, 7) is 5.44. The lowest BCUT2D eigenvalue weighted by atomic mass is 9.83. The molecule has 0 amide bonds.